The summed E-state index contributed by atoms with van der Waals surface area (Å²) in [5.74, 6) is 3.54. The Bertz CT molecular complexity index is 1310. The van der Waals surface area contributed by atoms with Crippen LogP contribution in [0, 0.1) is 0 Å². The Hall–Kier alpha value is -4.00. The second kappa shape index (κ2) is 10.7. The number of para-hydroxylation sites is 2. The number of ether oxygens (including phenoxy) is 3. The minimum Gasteiger partial charge on any atom is -0.497 e. The van der Waals surface area contributed by atoms with Crippen LogP contribution in [0.1, 0.15) is 31.5 Å². The number of carbonyl (C=O) groups is 1. The van der Waals surface area contributed by atoms with Gasteiger partial charge >= 0.3 is 0 Å². The molecule has 4 aromatic rings. The van der Waals surface area contributed by atoms with E-state index in [0.29, 0.717) is 26.2 Å². The van der Waals surface area contributed by atoms with Crippen molar-refractivity contribution in [3.8, 4) is 17.2 Å². The number of carbonyl (C=O) groups excluding carboxylic acids is 1. The molecular formula is C29H31N3O4. The molecule has 0 bridgehead atoms. The zero-order chi connectivity index (χ0) is 24.9. The highest BCUT2D eigenvalue weighted by atomic mass is 16.5. The number of nitrogens with zero attached hydrogens (tertiary/aromatic N) is 3. The molecule has 0 spiro atoms. The topological polar surface area (TPSA) is 65.8 Å². The number of anilines is 1. The van der Waals surface area contributed by atoms with Gasteiger partial charge in [0.15, 0.2) is 0 Å². The molecule has 7 heteroatoms. The summed E-state index contributed by atoms with van der Waals surface area (Å²) in [6, 6.07) is 23.5. The third kappa shape index (κ3) is 5.00. The fraction of sp³-hybridized carbons (Fsp3) is 0.310. The highest BCUT2D eigenvalue weighted by Crippen LogP contribution is 2.34. The van der Waals surface area contributed by atoms with Crippen LogP contribution < -0.4 is 19.1 Å². The van der Waals surface area contributed by atoms with Crippen LogP contribution in [0.4, 0.5) is 5.69 Å². The van der Waals surface area contributed by atoms with Crippen molar-refractivity contribution in [2.45, 2.75) is 32.2 Å². The quantitative estimate of drug-likeness (QED) is 0.280. The number of methoxy groups -OCH3 is 1. The van der Waals surface area contributed by atoms with Gasteiger partial charge in [-0.1, -0.05) is 12.1 Å². The number of rotatable bonds is 10. The monoisotopic (exact) mass is 485 g/mol. The number of amides is 1. The van der Waals surface area contributed by atoms with E-state index in [1.807, 2.05) is 78.6 Å². The molecule has 0 unspecified atom stereocenters. The first-order chi connectivity index (χ1) is 17.7. The predicted octanol–water partition coefficient (Wildman–Crippen LogP) is 5.43. The smallest absolute Gasteiger partial charge is 0.227 e. The summed E-state index contributed by atoms with van der Waals surface area (Å²) in [6.07, 6.45) is 1.27. The van der Waals surface area contributed by atoms with Gasteiger partial charge < -0.3 is 23.7 Å². The second-order valence-corrected chi connectivity index (χ2v) is 8.82. The lowest BCUT2D eigenvalue weighted by molar-refractivity contribution is -0.117. The van der Waals surface area contributed by atoms with Crippen molar-refractivity contribution < 1.29 is 19.0 Å². The van der Waals surface area contributed by atoms with Gasteiger partial charge in [-0.15, -0.1) is 0 Å². The SMILES string of the molecule is CCOc1ccc(N2C[C@H](c3nc4ccccc4n3CCCOc3ccc(OC)cc3)CC2=O)cc1. The van der Waals surface area contributed by atoms with Gasteiger partial charge in [0.1, 0.15) is 23.1 Å². The van der Waals surface area contributed by atoms with Crippen LogP contribution >= 0.6 is 0 Å². The normalized spacial score (nSPS) is 15.4. The van der Waals surface area contributed by atoms with Gasteiger partial charge in [-0.2, -0.15) is 0 Å². The Balaban J connectivity index is 1.30. The van der Waals surface area contributed by atoms with E-state index in [2.05, 4.69) is 10.6 Å². The maximum atomic E-state index is 13.0. The molecule has 0 N–H and O–H groups in total. The third-order valence-corrected chi connectivity index (χ3v) is 6.49. The second-order valence-electron chi connectivity index (χ2n) is 8.82. The van der Waals surface area contributed by atoms with E-state index in [9.17, 15) is 4.79 Å². The summed E-state index contributed by atoms with van der Waals surface area (Å²) in [5.41, 5.74) is 2.93. The Kier molecular flexibility index (Phi) is 7.07. The molecule has 1 amide bonds. The van der Waals surface area contributed by atoms with E-state index >= 15 is 0 Å². The molecule has 1 aliphatic rings. The summed E-state index contributed by atoms with van der Waals surface area (Å²) in [7, 11) is 1.65. The van der Waals surface area contributed by atoms with Crippen molar-refractivity contribution in [2.75, 3.05) is 31.8 Å². The van der Waals surface area contributed by atoms with Crippen molar-refractivity contribution >= 4 is 22.6 Å². The summed E-state index contributed by atoms with van der Waals surface area (Å²) >= 11 is 0. The molecule has 5 rings (SSSR count). The van der Waals surface area contributed by atoms with E-state index in [4.69, 9.17) is 19.2 Å². The standard InChI is InChI=1S/C29H31N3O4/c1-3-35-24-11-9-22(10-12-24)32-20-21(19-28(32)33)29-30-26-7-4-5-8-27(26)31(29)17-6-18-36-25-15-13-23(34-2)14-16-25/h4-5,7-16,21H,3,6,17-20H2,1-2H3/t21-/m1/s1. The van der Waals surface area contributed by atoms with E-state index in [1.165, 1.54) is 0 Å². The minimum absolute atomic E-state index is 0.0268. The molecule has 186 valence electrons. The third-order valence-electron chi connectivity index (χ3n) is 6.49. The molecule has 3 aromatic carbocycles. The first-order valence-corrected chi connectivity index (χ1v) is 12.4. The van der Waals surface area contributed by atoms with Gasteiger partial charge in [0.05, 0.1) is 31.4 Å². The molecule has 7 nitrogen and oxygen atoms in total. The number of hydrogen-bond acceptors (Lipinski definition) is 5. The zero-order valence-corrected chi connectivity index (χ0v) is 20.7. The molecule has 1 saturated heterocycles. The van der Waals surface area contributed by atoms with Crippen LogP contribution in [0.5, 0.6) is 17.2 Å². The van der Waals surface area contributed by atoms with E-state index in [0.717, 1.165) is 52.8 Å². The fourth-order valence-corrected chi connectivity index (χ4v) is 4.74. The lowest BCUT2D eigenvalue weighted by Crippen LogP contribution is -2.24. The van der Waals surface area contributed by atoms with Crippen molar-refractivity contribution in [2.24, 2.45) is 0 Å². The maximum Gasteiger partial charge on any atom is 0.227 e. The van der Waals surface area contributed by atoms with E-state index in [-0.39, 0.29) is 11.8 Å². The van der Waals surface area contributed by atoms with Gasteiger partial charge in [0, 0.05) is 31.1 Å². The molecular weight excluding hydrogens is 454 g/mol. The largest absolute Gasteiger partial charge is 0.497 e. The molecule has 2 heterocycles. The molecule has 36 heavy (non-hydrogen) atoms. The predicted molar refractivity (Wildman–Crippen MR) is 140 cm³/mol. The van der Waals surface area contributed by atoms with Crippen molar-refractivity contribution in [1.29, 1.82) is 0 Å². The van der Waals surface area contributed by atoms with Crippen LogP contribution in [0.25, 0.3) is 11.0 Å². The fourth-order valence-electron chi connectivity index (χ4n) is 4.74. The van der Waals surface area contributed by atoms with Gasteiger partial charge in [-0.05, 0) is 74.0 Å². The Morgan fingerprint density at radius 2 is 1.61 bits per heavy atom. The lowest BCUT2D eigenvalue weighted by Gasteiger charge is -2.18. The molecule has 1 aliphatic heterocycles. The van der Waals surface area contributed by atoms with Crippen LogP contribution in [-0.2, 0) is 11.3 Å². The Morgan fingerprint density at radius 3 is 2.36 bits per heavy atom. The number of fused-ring (bicyclic) bond motifs is 1. The van der Waals surface area contributed by atoms with Gasteiger partial charge in [-0.3, -0.25) is 4.79 Å². The van der Waals surface area contributed by atoms with Crippen LogP contribution in [-0.4, -0.2) is 42.3 Å². The average molecular weight is 486 g/mol. The number of aryl methyl sites for hydroxylation is 1. The first kappa shape index (κ1) is 23.7. The van der Waals surface area contributed by atoms with Crippen LogP contribution in [0.2, 0.25) is 0 Å². The van der Waals surface area contributed by atoms with E-state index in [1.54, 1.807) is 7.11 Å². The summed E-state index contributed by atoms with van der Waals surface area (Å²) in [5, 5.41) is 0. The minimum atomic E-state index is 0.0268. The molecule has 1 fully saturated rings. The van der Waals surface area contributed by atoms with Crippen LogP contribution in [0.15, 0.2) is 72.8 Å². The molecule has 0 saturated carbocycles. The van der Waals surface area contributed by atoms with Gasteiger partial charge in [0.2, 0.25) is 5.91 Å². The molecule has 0 radical (unpaired) electrons. The maximum absolute atomic E-state index is 13.0. The number of hydrogen-bond donors (Lipinski definition) is 0. The Morgan fingerprint density at radius 1 is 0.917 bits per heavy atom. The molecule has 0 aliphatic carbocycles. The van der Waals surface area contributed by atoms with Crippen molar-refractivity contribution in [3.63, 3.8) is 0 Å². The van der Waals surface area contributed by atoms with Crippen molar-refractivity contribution in [1.82, 2.24) is 9.55 Å². The van der Waals surface area contributed by atoms with Gasteiger partial charge in [-0.25, -0.2) is 4.98 Å². The van der Waals surface area contributed by atoms with Gasteiger partial charge in [0.25, 0.3) is 0 Å². The highest BCUT2D eigenvalue weighted by molar-refractivity contribution is 5.96. The molecule has 1 atom stereocenters. The zero-order valence-electron chi connectivity index (χ0n) is 20.7. The van der Waals surface area contributed by atoms with E-state index < -0.39 is 0 Å². The lowest BCUT2D eigenvalue weighted by atomic mass is 10.1. The summed E-state index contributed by atoms with van der Waals surface area (Å²) in [4.78, 5) is 19.8. The van der Waals surface area contributed by atoms with Crippen molar-refractivity contribution in [3.05, 3.63) is 78.6 Å². The number of aromatic nitrogens is 2. The summed E-state index contributed by atoms with van der Waals surface area (Å²) in [6.45, 7) is 4.53. The summed E-state index contributed by atoms with van der Waals surface area (Å²) < 4.78 is 18.9. The Labute approximate surface area is 211 Å². The average Bonchev–Trinajstić information content (AvgIpc) is 3.48. The molecule has 1 aromatic heterocycles. The highest BCUT2D eigenvalue weighted by Gasteiger charge is 2.34. The number of imidazole rings is 1. The number of benzene rings is 3. The van der Waals surface area contributed by atoms with Crippen LogP contribution in [0.3, 0.4) is 0 Å². The first-order valence-electron chi connectivity index (χ1n) is 12.4.